The summed E-state index contributed by atoms with van der Waals surface area (Å²) in [5.74, 6) is 0.154. The molecule has 3 atom stereocenters. The van der Waals surface area contributed by atoms with Crippen molar-refractivity contribution in [3.63, 3.8) is 0 Å². The summed E-state index contributed by atoms with van der Waals surface area (Å²) < 4.78 is 37.9. The zero-order chi connectivity index (χ0) is 26.6. The van der Waals surface area contributed by atoms with Crippen LogP contribution in [0.4, 0.5) is 19.3 Å². The second-order valence-electron chi connectivity index (χ2n) is 10.4. The van der Waals surface area contributed by atoms with Crippen molar-refractivity contribution in [3.05, 3.63) is 53.6 Å². The van der Waals surface area contributed by atoms with Gasteiger partial charge in [-0.3, -0.25) is 4.90 Å². The molecule has 1 heterocycles. The number of carbonyl (C=O) groups excluding carboxylic acids is 1. The van der Waals surface area contributed by atoms with Gasteiger partial charge in [0.2, 0.25) is 0 Å². The number of rotatable bonds is 9. The maximum Gasteiger partial charge on any atom is 0.319 e. The highest BCUT2D eigenvalue weighted by Crippen LogP contribution is 2.50. The van der Waals surface area contributed by atoms with E-state index in [2.05, 4.69) is 41.5 Å². The normalized spacial score (nSPS) is 23.5. The number of hydrogen-bond donors (Lipinski definition) is 2. The molecular weight excluding hydrogens is 476 g/mol. The van der Waals surface area contributed by atoms with Gasteiger partial charge in [0.1, 0.15) is 0 Å². The molecule has 1 aliphatic heterocycles. The fraction of sp³-hybridized carbons (Fsp3) is 0.552. The Morgan fingerprint density at radius 3 is 2.49 bits per heavy atom. The highest BCUT2D eigenvalue weighted by Gasteiger charge is 2.51. The Kier molecular flexibility index (Phi) is 8.57. The fourth-order valence-corrected chi connectivity index (χ4v) is 6.28. The number of nitrogens with one attached hydrogen (secondary N) is 2. The van der Waals surface area contributed by atoms with Crippen molar-refractivity contribution in [3.8, 4) is 11.5 Å². The average Bonchev–Trinajstić information content (AvgIpc) is 3.27. The molecule has 0 radical (unpaired) electrons. The Balaban J connectivity index is 1.55. The summed E-state index contributed by atoms with van der Waals surface area (Å²) >= 11 is 0. The van der Waals surface area contributed by atoms with Crippen LogP contribution >= 0.6 is 0 Å². The van der Waals surface area contributed by atoms with Gasteiger partial charge in [-0.05, 0) is 68.0 Å². The third kappa shape index (κ3) is 5.69. The van der Waals surface area contributed by atoms with Crippen LogP contribution in [-0.4, -0.2) is 50.3 Å². The van der Waals surface area contributed by atoms with Crippen LogP contribution in [0.3, 0.4) is 0 Å². The van der Waals surface area contributed by atoms with Gasteiger partial charge in [-0.15, -0.1) is 0 Å². The number of methoxy groups -OCH3 is 2. The Morgan fingerprint density at radius 2 is 1.81 bits per heavy atom. The van der Waals surface area contributed by atoms with Gasteiger partial charge >= 0.3 is 6.03 Å². The summed E-state index contributed by atoms with van der Waals surface area (Å²) in [5.41, 5.74) is 1.45. The van der Waals surface area contributed by atoms with Gasteiger partial charge in [0.25, 0.3) is 0 Å². The molecule has 202 valence electrons. The Morgan fingerprint density at radius 1 is 1.05 bits per heavy atom. The highest BCUT2D eigenvalue weighted by molar-refractivity contribution is 5.89. The van der Waals surface area contributed by atoms with Crippen molar-refractivity contribution >= 4 is 11.7 Å². The average molecular weight is 516 g/mol. The summed E-state index contributed by atoms with van der Waals surface area (Å²) in [6.45, 7) is 6.56. The van der Waals surface area contributed by atoms with Gasteiger partial charge in [0, 0.05) is 35.8 Å². The molecule has 8 heteroatoms. The van der Waals surface area contributed by atoms with E-state index < -0.39 is 17.7 Å². The number of amides is 2. The van der Waals surface area contributed by atoms with E-state index in [-0.39, 0.29) is 23.2 Å². The minimum Gasteiger partial charge on any atom is -0.493 e. The molecule has 0 spiro atoms. The van der Waals surface area contributed by atoms with Gasteiger partial charge in [-0.25, -0.2) is 13.6 Å². The maximum atomic E-state index is 13.6. The highest BCUT2D eigenvalue weighted by atomic mass is 19.2. The first-order chi connectivity index (χ1) is 17.8. The number of benzene rings is 2. The van der Waals surface area contributed by atoms with Crippen LogP contribution in [-0.2, 0) is 5.41 Å². The third-order valence-corrected chi connectivity index (χ3v) is 8.49. The van der Waals surface area contributed by atoms with Crippen molar-refractivity contribution in [2.45, 2.75) is 69.9 Å². The smallest absolute Gasteiger partial charge is 0.319 e. The standard InChI is InChI=1S/C29H39F2N3O3/c1-5-19(6-2)18-34-14-13-29(20-7-10-25(36-3)26(15-20)37-4)12-11-22(17-27(29)34)33-28(35)32-21-8-9-23(30)24(31)16-21/h7-10,15-16,19,22,27H,5-6,11-14,17-18H2,1-4H3,(H2,32,33,35)/t22-,27+,29-/m0/s1. The number of likely N-dealkylation sites (tertiary alicyclic amines) is 1. The molecule has 2 aromatic carbocycles. The summed E-state index contributed by atoms with van der Waals surface area (Å²) in [7, 11) is 3.31. The molecule has 2 aromatic rings. The van der Waals surface area contributed by atoms with Crippen molar-refractivity contribution in [1.29, 1.82) is 0 Å². The largest absolute Gasteiger partial charge is 0.493 e. The van der Waals surface area contributed by atoms with Gasteiger partial charge in [0.05, 0.1) is 14.2 Å². The number of carbonyl (C=O) groups is 1. The molecule has 0 aromatic heterocycles. The number of halogens is 2. The Bertz CT molecular complexity index is 1090. The van der Waals surface area contributed by atoms with Crippen LogP contribution in [0, 0.1) is 17.6 Å². The van der Waals surface area contributed by atoms with Crippen molar-refractivity contribution in [2.24, 2.45) is 5.92 Å². The van der Waals surface area contributed by atoms with Gasteiger partial charge in [-0.2, -0.15) is 0 Å². The summed E-state index contributed by atoms with van der Waals surface area (Å²) in [5, 5.41) is 5.73. The second kappa shape index (κ2) is 11.7. The molecule has 2 N–H and O–H groups in total. The van der Waals surface area contributed by atoms with Crippen LogP contribution in [0.5, 0.6) is 11.5 Å². The van der Waals surface area contributed by atoms with Crippen molar-refractivity contribution < 1.29 is 23.0 Å². The van der Waals surface area contributed by atoms with E-state index in [0.29, 0.717) is 5.92 Å². The maximum absolute atomic E-state index is 13.6. The monoisotopic (exact) mass is 515 g/mol. The van der Waals surface area contributed by atoms with Gasteiger partial charge < -0.3 is 20.1 Å². The van der Waals surface area contributed by atoms with E-state index in [1.54, 1.807) is 14.2 Å². The molecule has 2 aliphatic rings. The van der Waals surface area contributed by atoms with Crippen LogP contribution in [0.15, 0.2) is 36.4 Å². The van der Waals surface area contributed by atoms with Crippen LogP contribution in [0.25, 0.3) is 0 Å². The number of anilines is 1. The van der Waals surface area contributed by atoms with E-state index in [9.17, 15) is 13.6 Å². The first kappa shape index (κ1) is 27.2. The summed E-state index contributed by atoms with van der Waals surface area (Å²) in [4.78, 5) is 15.4. The Labute approximate surface area is 218 Å². The molecule has 1 saturated heterocycles. The SMILES string of the molecule is CCC(CC)CN1CC[C@]2(c3ccc(OC)c(OC)c3)CC[C@H](NC(=O)Nc3ccc(F)c(F)c3)C[C@@H]12. The lowest BCUT2D eigenvalue weighted by Gasteiger charge is -2.46. The molecule has 6 nitrogen and oxygen atoms in total. The molecule has 1 aliphatic carbocycles. The lowest BCUT2D eigenvalue weighted by atomic mass is 9.65. The lowest BCUT2D eigenvalue weighted by molar-refractivity contribution is 0.120. The van der Waals surface area contributed by atoms with Crippen LogP contribution < -0.4 is 20.1 Å². The van der Waals surface area contributed by atoms with E-state index in [4.69, 9.17) is 9.47 Å². The number of ether oxygens (including phenoxy) is 2. The number of fused-ring (bicyclic) bond motifs is 1. The molecule has 0 unspecified atom stereocenters. The quantitative estimate of drug-likeness (QED) is 0.423. The second-order valence-corrected chi connectivity index (χ2v) is 10.4. The topological polar surface area (TPSA) is 62.8 Å². The van der Waals surface area contributed by atoms with E-state index in [1.807, 2.05) is 6.07 Å². The predicted octanol–water partition coefficient (Wildman–Crippen LogP) is 6.10. The van der Waals surface area contributed by atoms with Crippen LogP contribution in [0.2, 0.25) is 0 Å². The van der Waals surface area contributed by atoms with Crippen molar-refractivity contribution in [1.82, 2.24) is 10.2 Å². The number of nitrogens with zero attached hydrogens (tertiary/aromatic N) is 1. The molecule has 4 rings (SSSR count). The molecule has 2 fully saturated rings. The third-order valence-electron chi connectivity index (χ3n) is 8.49. The van der Waals surface area contributed by atoms with Gasteiger partial charge in [-0.1, -0.05) is 32.8 Å². The van der Waals surface area contributed by atoms with Gasteiger partial charge in [0.15, 0.2) is 23.1 Å². The fourth-order valence-electron chi connectivity index (χ4n) is 6.28. The molecule has 37 heavy (non-hydrogen) atoms. The van der Waals surface area contributed by atoms with E-state index in [0.717, 1.165) is 75.2 Å². The van der Waals surface area contributed by atoms with E-state index in [1.165, 1.54) is 11.6 Å². The molecule has 1 saturated carbocycles. The zero-order valence-corrected chi connectivity index (χ0v) is 22.3. The minimum absolute atomic E-state index is 0.0223. The van der Waals surface area contributed by atoms with Crippen molar-refractivity contribution in [2.75, 3.05) is 32.6 Å². The predicted molar refractivity (Wildman–Crippen MR) is 141 cm³/mol. The van der Waals surface area contributed by atoms with E-state index >= 15 is 0 Å². The lowest BCUT2D eigenvalue weighted by Crippen LogP contribution is -2.53. The Hall–Kier alpha value is -2.87. The number of urea groups is 1. The molecular formula is C29H39F2N3O3. The van der Waals surface area contributed by atoms with Crippen LogP contribution in [0.1, 0.15) is 57.9 Å². The minimum atomic E-state index is -0.988. The first-order valence-corrected chi connectivity index (χ1v) is 13.3. The first-order valence-electron chi connectivity index (χ1n) is 13.3. The summed E-state index contributed by atoms with van der Waals surface area (Å²) in [6.07, 6.45) is 5.92. The molecule has 2 amide bonds. The number of hydrogen-bond acceptors (Lipinski definition) is 4. The zero-order valence-electron chi connectivity index (χ0n) is 22.3. The molecule has 0 bridgehead atoms. The summed E-state index contributed by atoms with van der Waals surface area (Å²) in [6, 6.07) is 9.48.